The smallest absolute Gasteiger partial charge is 0.411 e. The zero-order valence-corrected chi connectivity index (χ0v) is 16.3. The van der Waals surface area contributed by atoms with E-state index in [0.29, 0.717) is 34.4 Å². The number of methoxy groups -OCH3 is 2. The summed E-state index contributed by atoms with van der Waals surface area (Å²) in [5.41, 5.74) is 1.67. The van der Waals surface area contributed by atoms with Crippen LogP contribution in [0.3, 0.4) is 0 Å². The molecular weight excluding hydrogens is 386 g/mol. The molecule has 0 atom stereocenters. The summed E-state index contributed by atoms with van der Waals surface area (Å²) in [6.07, 6.45) is -0.583. The zero-order chi connectivity index (χ0) is 20.4. The maximum absolute atomic E-state index is 12.2. The SMILES string of the molecule is COCCOC(=O)Nc1cccc(NCC(=O)Nc2cc(Cl)ccc2OC)c1. The Labute approximate surface area is 168 Å². The second-order valence-electron chi connectivity index (χ2n) is 5.58. The van der Waals surface area contributed by atoms with Crippen LogP contribution in [0.25, 0.3) is 0 Å². The van der Waals surface area contributed by atoms with Crippen molar-refractivity contribution in [2.24, 2.45) is 0 Å². The molecule has 28 heavy (non-hydrogen) atoms. The lowest BCUT2D eigenvalue weighted by atomic mass is 10.2. The molecule has 8 nitrogen and oxygen atoms in total. The summed E-state index contributed by atoms with van der Waals surface area (Å²) in [6.45, 7) is 0.492. The predicted octanol–water partition coefficient (Wildman–Crippen LogP) is 3.59. The van der Waals surface area contributed by atoms with Crippen LogP contribution in [-0.2, 0) is 14.3 Å². The van der Waals surface area contributed by atoms with Gasteiger partial charge in [0, 0.05) is 23.5 Å². The molecule has 0 saturated carbocycles. The molecule has 150 valence electrons. The van der Waals surface area contributed by atoms with Crippen molar-refractivity contribution >= 4 is 40.7 Å². The molecule has 0 heterocycles. The summed E-state index contributed by atoms with van der Waals surface area (Å²) in [4.78, 5) is 23.9. The summed E-state index contributed by atoms with van der Waals surface area (Å²) < 4.78 is 14.9. The minimum atomic E-state index is -0.583. The standard InChI is InChI=1S/C19H22ClN3O5/c1-26-8-9-28-19(25)22-15-5-3-4-14(11-15)21-12-18(24)23-16-10-13(20)6-7-17(16)27-2/h3-7,10-11,21H,8-9,12H2,1-2H3,(H,22,25)(H,23,24). The van der Waals surface area contributed by atoms with Crippen molar-refractivity contribution in [1.29, 1.82) is 0 Å². The Balaban J connectivity index is 1.88. The number of carbonyl (C=O) groups excluding carboxylic acids is 2. The Hall–Kier alpha value is -2.97. The van der Waals surface area contributed by atoms with Crippen LogP contribution < -0.4 is 20.7 Å². The molecule has 0 aliphatic carbocycles. The minimum Gasteiger partial charge on any atom is -0.495 e. The molecule has 0 aliphatic rings. The van der Waals surface area contributed by atoms with Gasteiger partial charge in [0.2, 0.25) is 5.91 Å². The number of nitrogens with one attached hydrogen (secondary N) is 3. The molecule has 0 bridgehead atoms. The van der Waals surface area contributed by atoms with E-state index in [1.807, 2.05) is 0 Å². The van der Waals surface area contributed by atoms with Gasteiger partial charge in [0.25, 0.3) is 0 Å². The first-order valence-electron chi connectivity index (χ1n) is 8.42. The second kappa shape index (κ2) is 11.0. The molecule has 0 unspecified atom stereocenters. The number of benzene rings is 2. The van der Waals surface area contributed by atoms with E-state index in [4.69, 9.17) is 25.8 Å². The van der Waals surface area contributed by atoms with Crippen LogP contribution in [0.15, 0.2) is 42.5 Å². The Bertz CT molecular complexity index is 816. The van der Waals surface area contributed by atoms with Crippen LogP contribution >= 0.6 is 11.6 Å². The largest absolute Gasteiger partial charge is 0.495 e. The summed E-state index contributed by atoms with van der Waals surface area (Å²) in [5, 5.41) is 8.81. The van der Waals surface area contributed by atoms with Gasteiger partial charge < -0.3 is 24.8 Å². The third-order valence-electron chi connectivity index (χ3n) is 3.52. The highest BCUT2D eigenvalue weighted by atomic mass is 35.5. The van der Waals surface area contributed by atoms with E-state index < -0.39 is 6.09 Å². The van der Waals surface area contributed by atoms with E-state index in [-0.39, 0.29) is 19.1 Å². The van der Waals surface area contributed by atoms with Gasteiger partial charge in [0.15, 0.2) is 0 Å². The van der Waals surface area contributed by atoms with Crippen molar-refractivity contribution in [2.75, 3.05) is 49.9 Å². The lowest BCUT2D eigenvalue weighted by Crippen LogP contribution is -2.22. The highest BCUT2D eigenvalue weighted by Gasteiger charge is 2.09. The fraction of sp³-hybridized carbons (Fsp3) is 0.263. The maximum Gasteiger partial charge on any atom is 0.411 e. The molecule has 0 aromatic heterocycles. The maximum atomic E-state index is 12.2. The van der Waals surface area contributed by atoms with Gasteiger partial charge in [0.05, 0.1) is 25.9 Å². The van der Waals surface area contributed by atoms with E-state index >= 15 is 0 Å². The van der Waals surface area contributed by atoms with Gasteiger partial charge in [-0.3, -0.25) is 10.1 Å². The quantitative estimate of drug-likeness (QED) is 0.549. The molecule has 0 spiro atoms. The fourth-order valence-electron chi connectivity index (χ4n) is 2.23. The van der Waals surface area contributed by atoms with Gasteiger partial charge in [-0.15, -0.1) is 0 Å². The van der Waals surface area contributed by atoms with Crippen LogP contribution in [0.4, 0.5) is 21.9 Å². The van der Waals surface area contributed by atoms with E-state index in [1.165, 1.54) is 14.2 Å². The Morgan fingerprint density at radius 3 is 2.54 bits per heavy atom. The van der Waals surface area contributed by atoms with Gasteiger partial charge in [-0.25, -0.2) is 4.79 Å². The Morgan fingerprint density at radius 1 is 1.00 bits per heavy atom. The molecule has 2 aromatic carbocycles. The number of hydrogen-bond acceptors (Lipinski definition) is 6. The van der Waals surface area contributed by atoms with Crippen LogP contribution in [0.5, 0.6) is 5.75 Å². The summed E-state index contributed by atoms with van der Waals surface area (Å²) in [6, 6.07) is 11.9. The first-order chi connectivity index (χ1) is 13.5. The van der Waals surface area contributed by atoms with Crippen LogP contribution in [0, 0.1) is 0 Å². The Kier molecular flexibility index (Phi) is 8.38. The number of carbonyl (C=O) groups is 2. The summed E-state index contributed by atoms with van der Waals surface area (Å²) in [7, 11) is 3.03. The molecule has 9 heteroatoms. The van der Waals surface area contributed by atoms with E-state index in [0.717, 1.165) is 0 Å². The molecule has 0 saturated heterocycles. The summed E-state index contributed by atoms with van der Waals surface area (Å²) >= 11 is 5.95. The van der Waals surface area contributed by atoms with Gasteiger partial charge in [0.1, 0.15) is 12.4 Å². The lowest BCUT2D eigenvalue weighted by Gasteiger charge is -2.12. The number of amides is 2. The zero-order valence-electron chi connectivity index (χ0n) is 15.6. The van der Waals surface area contributed by atoms with Crippen molar-refractivity contribution < 1.29 is 23.8 Å². The van der Waals surface area contributed by atoms with Crippen LogP contribution in [0.2, 0.25) is 5.02 Å². The normalized spacial score (nSPS) is 10.1. The van der Waals surface area contributed by atoms with Crippen LogP contribution in [0.1, 0.15) is 0 Å². The van der Waals surface area contributed by atoms with Crippen molar-refractivity contribution in [3.8, 4) is 5.75 Å². The van der Waals surface area contributed by atoms with Crippen molar-refractivity contribution in [2.45, 2.75) is 0 Å². The lowest BCUT2D eigenvalue weighted by molar-refractivity contribution is -0.114. The topological polar surface area (TPSA) is 97.9 Å². The minimum absolute atomic E-state index is 0.0113. The van der Waals surface area contributed by atoms with Crippen molar-refractivity contribution in [3.05, 3.63) is 47.5 Å². The third kappa shape index (κ3) is 6.98. The Morgan fingerprint density at radius 2 is 1.79 bits per heavy atom. The molecule has 0 radical (unpaired) electrons. The predicted molar refractivity (Wildman–Crippen MR) is 108 cm³/mol. The molecule has 3 N–H and O–H groups in total. The number of ether oxygens (including phenoxy) is 3. The van der Waals surface area contributed by atoms with E-state index in [9.17, 15) is 9.59 Å². The van der Waals surface area contributed by atoms with Gasteiger partial charge in [-0.1, -0.05) is 17.7 Å². The number of halogens is 1. The van der Waals surface area contributed by atoms with Crippen molar-refractivity contribution in [3.63, 3.8) is 0 Å². The molecular formula is C19H22ClN3O5. The molecule has 0 fully saturated rings. The van der Waals surface area contributed by atoms with Gasteiger partial charge in [-0.2, -0.15) is 0 Å². The fourth-order valence-corrected chi connectivity index (χ4v) is 2.41. The van der Waals surface area contributed by atoms with E-state index in [2.05, 4.69) is 16.0 Å². The first kappa shape index (κ1) is 21.3. The first-order valence-corrected chi connectivity index (χ1v) is 8.79. The van der Waals surface area contributed by atoms with Gasteiger partial charge in [-0.05, 0) is 36.4 Å². The molecule has 2 rings (SSSR count). The molecule has 0 aliphatic heterocycles. The number of anilines is 3. The highest BCUT2D eigenvalue weighted by Crippen LogP contribution is 2.27. The second-order valence-corrected chi connectivity index (χ2v) is 6.02. The summed E-state index contributed by atoms with van der Waals surface area (Å²) in [5.74, 6) is 0.230. The average Bonchev–Trinajstić information content (AvgIpc) is 2.67. The number of hydrogen-bond donors (Lipinski definition) is 3. The van der Waals surface area contributed by atoms with Gasteiger partial charge >= 0.3 is 6.09 Å². The monoisotopic (exact) mass is 407 g/mol. The average molecular weight is 408 g/mol. The van der Waals surface area contributed by atoms with Crippen molar-refractivity contribution in [1.82, 2.24) is 0 Å². The third-order valence-corrected chi connectivity index (χ3v) is 3.75. The molecule has 2 amide bonds. The molecule has 2 aromatic rings. The van der Waals surface area contributed by atoms with Crippen LogP contribution in [-0.4, -0.2) is 46.0 Å². The van der Waals surface area contributed by atoms with E-state index in [1.54, 1.807) is 42.5 Å². The highest BCUT2D eigenvalue weighted by molar-refractivity contribution is 6.31. The number of rotatable bonds is 9.